The Balaban J connectivity index is 2.64. The monoisotopic (exact) mass is 283 g/mol. The van der Waals surface area contributed by atoms with Crippen LogP contribution in [0, 0.1) is 10.1 Å². The van der Waals surface area contributed by atoms with Gasteiger partial charge in [-0.1, -0.05) is 0 Å². The van der Waals surface area contributed by atoms with Gasteiger partial charge in [0.05, 0.1) is 22.7 Å². The summed E-state index contributed by atoms with van der Waals surface area (Å²) in [7, 11) is 1.56. The molecule has 0 saturated carbocycles. The first-order chi connectivity index (χ1) is 9.45. The van der Waals surface area contributed by atoms with Crippen LogP contribution in [-0.2, 0) is 9.53 Å². The Labute approximate surface area is 115 Å². The van der Waals surface area contributed by atoms with Gasteiger partial charge >= 0.3 is 0 Å². The van der Waals surface area contributed by atoms with E-state index in [-0.39, 0.29) is 17.1 Å². The minimum Gasteiger partial charge on any atom is -0.506 e. The fourth-order valence-corrected chi connectivity index (χ4v) is 1.54. The number of methoxy groups -OCH3 is 1. The summed E-state index contributed by atoms with van der Waals surface area (Å²) in [5, 5.41) is 22.5. The third-order valence-corrected chi connectivity index (χ3v) is 2.65. The lowest BCUT2D eigenvalue weighted by molar-refractivity contribution is -0.384. The highest BCUT2D eigenvalue weighted by molar-refractivity contribution is 5.96. The molecule has 1 aromatic rings. The van der Waals surface area contributed by atoms with Gasteiger partial charge in [0.15, 0.2) is 0 Å². The van der Waals surface area contributed by atoms with Gasteiger partial charge in [-0.05, 0) is 18.9 Å². The molecule has 20 heavy (non-hydrogen) atoms. The number of phenolic OH excluding ortho intramolecular Hbond substituents is 1. The number of nitrogens with zero attached hydrogens (tertiary/aromatic N) is 1. The molecule has 0 radical (unpaired) electrons. The largest absolute Gasteiger partial charge is 0.506 e. The molecule has 0 fully saturated rings. The smallest absolute Gasteiger partial charge is 0.273 e. The second-order valence-corrected chi connectivity index (χ2v) is 4.19. The first-order valence-electron chi connectivity index (χ1n) is 5.98. The third-order valence-electron chi connectivity index (χ3n) is 2.65. The molecule has 0 heterocycles. The minimum absolute atomic E-state index is 0.0859. The van der Waals surface area contributed by atoms with Crippen molar-refractivity contribution in [3.63, 3.8) is 0 Å². The molecule has 8 nitrogen and oxygen atoms in total. The van der Waals surface area contributed by atoms with Gasteiger partial charge in [-0.2, -0.15) is 0 Å². The van der Waals surface area contributed by atoms with E-state index in [4.69, 9.17) is 10.5 Å². The quantitative estimate of drug-likeness (QED) is 0.296. The zero-order chi connectivity index (χ0) is 15.1. The van der Waals surface area contributed by atoms with Crippen molar-refractivity contribution >= 4 is 17.3 Å². The molecule has 110 valence electrons. The molecule has 8 heteroatoms. The summed E-state index contributed by atoms with van der Waals surface area (Å²) in [6, 6.07) is 2.67. The van der Waals surface area contributed by atoms with E-state index in [2.05, 4.69) is 5.32 Å². The van der Waals surface area contributed by atoms with Gasteiger partial charge in [0.2, 0.25) is 5.91 Å². The van der Waals surface area contributed by atoms with Crippen LogP contribution in [0.25, 0.3) is 0 Å². The molecule has 0 aromatic heterocycles. The maximum Gasteiger partial charge on any atom is 0.273 e. The van der Waals surface area contributed by atoms with Crippen LogP contribution < -0.4 is 11.1 Å². The first-order valence-corrected chi connectivity index (χ1v) is 5.98. The van der Waals surface area contributed by atoms with Gasteiger partial charge in [-0.3, -0.25) is 14.9 Å². The first kappa shape index (κ1) is 15.9. The summed E-state index contributed by atoms with van der Waals surface area (Å²) in [6.45, 7) is 0.504. The van der Waals surface area contributed by atoms with Gasteiger partial charge in [0, 0.05) is 19.8 Å². The SMILES string of the molecule is COCCCC(N)C(=O)Nc1ccc([N+](=O)[O-])cc1O. The average Bonchev–Trinajstić information content (AvgIpc) is 2.40. The van der Waals surface area contributed by atoms with Crippen molar-refractivity contribution in [1.82, 2.24) is 0 Å². The third kappa shape index (κ3) is 4.48. The van der Waals surface area contributed by atoms with E-state index in [9.17, 15) is 20.0 Å². The van der Waals surface area contributed by atoms with Crippen LogP contribution in [0.1, 0.15) is 12.8 Å². The van der Waals surface area contributed by atoms with Gasteiger partial charge in [-0.15, -0.1) is 0 Å². The number of nitro benzene ring substituents is 1. The number of amides is 1. The zero-order valence-electron chi connectivity index (χ0n) is 11.0. The molecule has 0 aliphatic rings. The van der Waals surface area contributed by atoms with E-state index in [1.165, 1.54) is 12.1 Å². The number of benzene rings is 1. The Morgan fingerprint density at radius 1 is 1.60 bits per heavy atom. The van der Waals surface area contributed by atoms with Crippen molar-refractivity contribution in [3.8, 4) is 5.75 Å². The molecule has 1 atom stereocenters. The van der Waals surface area contributed by atoms with E-state index in [0.717, 1.165) is 6.07 Å². The number of ether oxygens (including phenoxy) is 1. The average molecular weight is 283 g/mol. The molecular formula is C12H17N3O5. The number of nitro groups is 1. The van der Waals surface area contributed by atoms with Crippen molar-refractivity contribution in [2.24, 2.45) is 5.73 Å². The van der Waals surface area contributed by atoms with Crippen molar-refractivity contribution in [1.29, 1.82) is 0 Å². The summed E-state index contributed by atoms with van der Waals surface area (Å²) in [5.41, 5.74) is 5.50. The van der Waals surface area contributed by atoms with E-state index >= 15 is 0 Å². The second kappa shape index (κ2) is 7.41. The summed E-state index contributed by atoms with van der Waals surface area (Å²) < 4.78 is 4.85. The minimum atomic E-state index is -0.736. The number of carbonyl (C=O) groups is 1. The van der Waals surface area contributed by atoms with Crippen LogP contribution in [0.3, 0.4) is 0 Å². The number of carbonyl (C=O) groups excluding carboxylic acids is 1. The van der Waals surface area contributed by atoms with Crippen molar-refractivity contribution in [3.05, 3.63) is 28.3 Å². The number of nitrogens with two attached hydrogens (primary N) is 1. The normalized spacial score (nSPS) is 11.9. The number of non-ortho nitro benzene ring substituents is 1. The predicted octanol–water partition coefficient (Wildman–Crippen LogP) is 0.993. The molecule has 1 aromatic carbocycles. The van der Waals surface area contributed by atoms with Gasteiger partial charge in [0.1, 0.15) is 5.75 Å². The number of phenols is 1. The van der Waals surface area contributed by atoms with Gasteiger partial charge in [0.25, 0.3) is 5.69 Å². The topological polar surface area (TPSA) is 128 Å². The van der Waals surface area contributed by atoms with Crippen LogP contribution in [0.5, 0.6) is 5.75 Å². The van der Waals surface area contributed by atoms with E-state index in [1.54, 1.807) is 7.11 Å². The molecular weight excluding hydrogens is 266 g/mol. The molecule has 0 aliphatic heterocycles. The van der Waals surface area contributed by atoms with Gasteiger partial charge in [-0.25, -0.2) is 0 Å². The molecule has 0 spiro atoms. The maximum atomic E-state index is 11.8. The Hall–Kier alpha value is -2.19. The lowest BCUT2D eigenvalue weighted by Gasteiger charge is -2.12. The van der Waals surface area contributed by atoms with Gasteiger partial charge < -0.3 is 20.9 Å². The fraction of sp³-hybridized carbons (Fsp3) is 0.417. The Bertz CT molecular complexity index is 492. The molecule has 1 unspecified atom stereocenters. The number of nitrogens with one attached hydrogen (secondary N) is 1. The van der Waals surface area contributed by atoms with Crippen LogP contribution >= 0.6 is 0 Å². The Morgan fingerprint density at radius 2 is 2.30 bits per heavy atom. The van der Waals surface area contributed by atoms with Crippen molar-refractivity contribution in [2.75, 3.05) is 19.0 Å². The fourth-order valence-electron chi connectivity index (χ4n) is 1.54. The number of hydrogen-bond donors (Lipinski definition) is 3. The standard InChI is InChI=1S/C12H17N3O5/c1-20-6-2-3-9(13)12(17)14-10-5-4-8(15(18)19)7-11(10)16/h4-5,7,9,16H,2-3,6,13H2,1H3,(H,14,17). The van der Waals surface area contributed by atoms with Crippen LogP contribution in [0.4, 0.5) is 11.4 Å². The Morgan fingerprint density at radius 3 is 2.85 bits per heavy atom. The number of rotatable bonds is 7. The van der Waals surface area contributed by atoms with Crippen molar-refractivity contribution < 1.29 is 19.6 Å². The highest BCUT2D eigenvalue weighted by Crippen LogP contribution is 2.27. The summed E-state index contributed by atoms with van der Waals surface area (Å²) in [5.74, 6) is -0.845. The summed E-state index contributed by atoms with van der Waals surface area (Å²) in [6.07, 6.45) is 1.07. The molecule has 1 amide bonds. The lowest BCUT2D eigenvalue weighted by Crippen LogP contribution is -2.35. The van der Waals surface area contributed by atoms with E-state index in [1.807, 2.05) is 0 Å². The summed E-state index contributed by atoms with van der Waals surface area (Å²) >= 11 is 0. The molecule has 0 aliphatic carbocycles. The molecule has 0 saturated heterocycles. The summed E-state index contributed by atoms with van der Waals surface area (Å²) in [4.78, 5) is 21.6. The number of anilines is 1. The highest BCUT2D eigenvalue weighted by Gasteiger charge is 2.16. The molecule has 0 bridgehead atoms. The van der Waals surface area contributed by atoms with Crippen LogP contribution in [0.2, 0.25) is 0 Å². The van der Waals surface area contributed by atoms with E-state index < -0.39 is 16.9 Å². The zero-order valence-corrected chi connectivity index (χ0v) is 11.0. The highest BCUT2D eigenvalue weighted by atomic mass is 16.6. The molecule has 1 rings (SSSR count). The predicted molar refractivity (Wildman–Crippen MR) is 72.5 cm³/mol. The van der Waals surface area contributed by atoms with E-state index in [0.29, 0.717) is 19.4 Å². The Kier molecular flexibility index (Phi) is 5.88. The molecule has 4 N–H and O–H groups in total. The number of hydrogen-bond acceptors (Lipinski definition) is 6. The lowest BCUT2D eigenvalue weighted by atomic mass is 10.1. The van der Waals surface area contributed by atoms with Crippen LogP contribution in [-0.4, -0.2) is 35.7 Å². The van der Waals surface area contributed by atoms with Crippen molar-refractivity contribution in [2.45, 2.75) is 18.9 Å². The van der Waals surface area contributed by atoms with Crippen LogP contribution in [0.15, 0.2) is 18.2 Å². The second-order valence-electron chi connectivity index (χ2n) is 4.19. The maximum absolute atomic E-state index is 11.8. The number of aromatic hydroxyl groups is 1.